The van der Waals surface area contributed by atoms with Gasteiger partial charge in [0.2, 0.25) is 5.91 Å². The minimum absolute atomic E-state index is 0.103. The number of amides is 1. The van der Waals surface area contributed by atoms with Crippen LogP contribution in [-0.4, -0.2) is 37.9 Å². The van der Waals surface area contributed by atoms with Crippen molar-refractivity contribution in [1.29, 1.82) is 0 Å². The second kappa shape index (κ2) is 7.82. The molecule has 2 aromatic heterocycles. The molecule has 1 aliphatic heterocycles. The van der Waals surface area contributed by atoms with Gasteiger partial charge in [0, 0.05) is 18.5 Å². The summed E-state index contributed by atoms with van der Waals surface area (Å²) in [5.41, 5.74) is 0.406. The van der Waals surface area contributed by atoms with Crippen molar-refractivity contribution in [2.24, 2.45) is 7.05 Å². The number of halogens is 1. The van der Waals surface area contributed by atoms with E-state index in [9.17, 15) is 9.18 Å². The maximum absolute atomic E-state index is 14.0. The van der Waals surface area contributed by atoms with E-state index in [1.165, 1.54) is 22.7 Å². The number of carbonyl (C=O) groups is 1. The van der Waals surface area contributed by atoms with E-state index >= 15 is 0 Å². The predicted molar refractivity (Wildman–Crippen MR) is 105 cm³/mol. The highest BCUT2D eigenvalue weighted by Crippen LogP contribution is 2.35. The Kier molecular flexibility index (Phi) is 5.27. The molecule has 4 rings (SSSR count). The third-order valence-corrected chi connectivity index (χ3v) is 6.70. The van der Waals surface area contributed by atoms with Gasteiger partial charge < -0.3 is 9.47 Å². The maximum atomic E-state index is 14.0. The number of hydrogen-bond acceptors (Lipinski definition) is 5. The zero-order valence-electron chi connectivity index (χ0n) is 14.8. The summed E-state index contributed by atoms with van der Waals surface area (Å²) < 4.78 is 15.7. The molecule has 0 aliphatic carbocycles. The third-order valence-electron chi connectivity index (χ3n) is 4.72. The number of thioether (sulfide) groups is 1. The molecule has 1 amide bonds. The first-order valence-electron chi connectivity index (χ1n) is 8.75. The SMILES string of the molecule is Cn1c(SCC(=O)N2CCCC2c2cccs2)nnc1-c1ccccc1F. The van der Waals surface area contributed by atoms with Crippen LogP contribution in [0.4, 0.5) is 4.39 Å². The third kappa shape index (κ3) is 3.64. The molecule has 8 heteroatoms. The Labute approximate surface area is 165 Å². The van der Waals surface area contributed by atoms with Crippen LogP contribution in [0.1, 0.15) is 23.8 Å². The van der Waals surface area contributed by atoms with E-state index in [0.717, 1.165) is 19.4 Å². The number of carbonyl (C=O) groups excluding carboxylic acids is 1. The monoisotopic (exact) mass is 402 g/mol. The van der Waals surface area contributed by atoms with Crippen molar-refractivity contribution in [2.75, 3.05) is 12.3 Å². The predicted octanol–water partition coefficient (Wildman–Crippen LogP) is 4.14. The Balaban J connectivity index is 1.45. The van der Waals surface area contributed by atoms with E-state index in [-0.39, 0.29) is 17.8 Å². The Hall–Kier alpha value is -2.19. The fourth-order valence-corrected chi connectivity index (χ4v) is 5.04. The van der Waals surface area contributed by atoms with Gasteiger partial charge in [-0.15, -0.1) is 21.5 Å². The molecule has 140 valence electrons. The van der Waals surface area contributed by atoms with Gasteiger partial charge in [0.1, 0.15) is 5.82 Å². The molecule has 0 saturated carbocycles. The Bertz CT molecular complexity index is 941. The van der Waals surface area contributed by atoms with E-state index in [4.69, 9.17) is 0 Å². The van der Waals surface area contributed by atoms with Crippen molar-refractivity contribution >= 4 is 29.0 Å². The van der Waals surface area contributed by atoms with E-state index in [0.29, 0.717) is 22.3 Å². The van der Waals surface area contributed by atoms with Crippen LogP contribution in [0.2, 0.25) is 0 Å². The number of nitrogens with zero attached hydrogens (tertiary/aromatic N) is 4. The quantitative estimate of drug-likeness (QED) is 0.602. The normalized spacial score (nSPS) is 16.8. The van der Waals surface area contributed by atoms with Crippen LogP contribution in [0, 0.1) is 5.82 Å². The average molecular weight is 403 g/mol. The number of rotatable bonds is 5. The summed E-state index contributed by atoms with van der Waals surface area (Å²) in [7, 11) is 1.79. The van der Waals surface area contributed by atoms with Crippen LogP contribution in [0.5, 0.6) is 0 Å². The summed E-state index contributed by atoms with van der Waals surface area (Å²) in [5, 5.41) is 10.9. The maximum Gasteiger partial charge on any atom is 0.233 e. The van der Waals surface area contributed by atoms with Gasteiger partial charge in [0.05, 0.1) is 17.4 Å². The molecule has 0 radical (unpaired) electrons. The van der Waals surface area contributed by atoms with Crippen LogP contribution < -0.4 is 0 Å². The smallest absolute Gasteiger partial charge is 0.233 e. The minimum atomic E-state index is -0.337. The van der Waals surface area contributed by atoms with E-state index in [1.807, 2.05) is 11.0 Å². The molecule has 1 aromatic carbocycles. The van der Waals surface area contributed by atoms with Crippen molar-refractivity contribution < 1.29 is 9.18 Å². The van der Waals surface area contributed by atoms with Crippen molar-refractivity contribution in [2.45, 2.75) is 24.0 Å². The van der Waals surface area contributed by atoms with E-state index < -0.39 is 0 Å². The first kappa shape index (κ1) is 18.2. The molecule has 3 heterocycles. The number of aromatic nitrogens is 3. The van der Waals surface area contributed by atoms with Gasteiger partial charge in [-0.3, -0.25) is 4.79 Å². The lowest BCUT2D eigenvalue weighted by molar-refractivity contribution is -0.129. The minimum Gasteiger partial charge on any atom is -0.334 e. The first-order valence-corrected chi connectivity index (χ1v) is 10.6. The van der Waals surface area contributed by atoms with Crippen molar-refractivity contribution in [1.82, 2.24) is 19.7 Å². The van der Waals surface area contributed by atoms with Crippen LogP contribution in [-0.2, 0) is 11.8 Å². The van der Waals surface area contributed by atoms with Crippen LogP contribution in [0.3, 0.4) is 0 Å². The first-order chi connectivity index (χ1) is 13.1. The van der Waals surface area contributed by atoms with Gasteiger partial charge in [-0.2, -0.15) is 0 Å². The van der Waals surface area contributed by atoms with Crippen LogP contribution in [0.15, 0.2) is 46.9 Å². The second-order valence-corrected chi connectivity index (χ2v) is 8.32. The van der Waals surface area contributed by atoms with Gasteiger partial charge in [0.25, 0.3) is 0 Å². The summed E-state index contributed by atoms with van der Waals surface area (Å²) in [6.45, 7) is 0.793. The summed E-state index contributed by atoms with van der Waals surface area (Å²) in [4.78, 5) is 16.0. The Morgan fingerprint density at radius 1 is 1.30 bits per heavy atom. The summed E-state index contributed by atoms with van der Waals surface area (Å²) >= 11 is 3.04. The van der Waals surface area contributed by atoms with Crippen LogP contribution >= 0.6 is 23.1 Å². The summed E-state index contributed by atoms with van der Waals surface area (Å²) in [5.74, 6) is 0.522. The molecule has 1 saturated heterocycles. The average Bonchev–Trinajstić information content (AvgIpc) is 3.41. The molecule has 27 heavy (non-hydrogen) atoms. The Morgan fingerprint density at radius 2 is 2.15 bits per heavy atom. The molecular weight excluding hydrogens is 383 g/mol. The second-order valence-electron chi connectivity index (χ2n) is 6.39. The number of thiophene rings is 1. The van der Waals surface area contributed by atoms with Crippen molar-refractivity contribution in [3.63, 3.8) is 0 Å². The fraction of sp³-hybridized carbons (Fsp3) is 0.316. The fourth-order valence-electron chi connectivity index (χ4n) is 3.37. The zero-order chi connectivity index (χ0) is 18.8. The molecule has 0 bridgehead atoms. The molecule has 0 spiro atoms. The van der Waals surface area contributed by atoms with Crippen molar-refractivity contribution in [3.05, 3.63) is 52.5 Å². The lowest BCUT2D eigenvalue weighted by atomic mass is 10.2. The van der Waals surface area contributed by atoms with Gasteiger partial charge in [-0.05, 0) is 36.4 Å². The highest BCUT2D eigenvalue weighted by Gasteiger charge is 2.30. The molecule has 0 N–H and O–H groups in total. The molecule has 3 aromatic rings. The van der Waals surface area contributed by atoms with Gasteiger partial charge >= 0.3 is 0 Å². The van der Waals surface area contributed by atoms with Gasteiger partial charge in [0.15, 0.2) is 11.0 Å². The van der Waals surface area contributed by atoms with Gasteiger partial charge in [-0.1, -0.05) is 30.0 Å². The van der Waals surface area contributed by atoms with Crippen molar-refractivity contribution in [3.8, 4) is 11.4 Å². The molecule has 1 aliphatic rings. The largest absolute Gasteiger partial charge is 0.334 e. The summed E-state index contributed by atoms with van der Waals surface area (Å²) in [6.07, 6.45) is 2.04. The van der Waals surface area contributed by atoms with E-state index in [1.54, 1.807) is 41.2 Å². The van der Waals surface area contributed by atoms with Crippen LogP contribution in [0.25, 0.3) is 11.4 Å². The zero-order valence-corrected chi connectivity index (χ0v) is 16.5. The lowest BCUT2D eigenvalue weighted by Gasteiger charge is -2.23. The lowest BCUT2D eigenvalue weighted by Crippen LogP contribution is -2.31. The molecule has 1 atom stereocenters. The number of benzene rings is 1. The Morgan fingerprint density at radius 3 is 2.93 bits per heavy atom. The topological polar surface area (TPSA) is 51.0 Å². The molecule has 1 unspecified atom stereocenters. The van der Waals surface area contributed by atoms with Gasteiger partial charge in [-0.25, -0.2) is 4.39 Å². The number of likely N-dealkylation sites (tertiary alicyclic amines) is 1. The molecule has 1 fully saturated rings. The standard InChI is InChI=1S/C19H19FN4OS2/c1-23-18(13-6-2-3-7-14(13)20)21-22-19(23)27-12-17(25)24-10-4-8-15(24)16-9-5-11-26-16/h2-3,5-7,9,11,15H,4,8,10,12H2,1H3. The molecular formula is C19H19FN4OS2. The summed E-state index contributed by atoms with van der Waals surface area (Å²) in [6, 6.07) is 10.8. The highest BCUT2D eigenvalue weighted by molar-refractivity contribution is 7.99. The molecule has 5 nitrogen and oxygen atoms in total. The van der Waals surface area contributed by atoms with E-state index in [2.05, 4.69) is 21.6 Å². The highest BCUT2D eigenvalue weighted by atomic mass is 32.2. The number of hydrogen-bond donors (Lipinski definition) is 0.